The molecule has 0 atom stereocenters. The lowest BCUT2D eigenvalue weighted by atomic mass is 10.1. The highest BCUT2D eigenvalue weighted by molar-refractivity contribution is 5.82. The van der Waals surface area contributed by atoms with Gasteiger partial charge >= 0.3 is 0 Å². The molecule has 20 heavy (non-hydrogen) atoms. The number of ether oxygens (including phenoxy) is 1. The molecule has 0 saturated heterocycles. The molecular formula is C15H15N3O2. The number of fused-ring (bicyclic) bond motifs is 1. The van der Waals surface area contributed by atoms with Gasteiger partial charge in [0.15, 0.2) is 5.75 Å². The second kappa shape index (κ2) is 5.30. The van der Waals surface area contributed by atoms with Crippen LogP contribution in [0.5, 0.6) is 11.6 Å². The Kier molecular flexibility index (Phi) is 3.35. The first-order valence-electron chi connectivity index (χ1n) is 6.50. The number of para-hydroxylation sites is 1. The number of aliphatic hydroxyl groups excluding tert-OH is 1. The van der Waals surface area contributed by atoms with E-state index >= 15 is 0 Å². The van der Waals surface area contributed by atoms with E-state index in [1.165, 1.54) is 0 Å². The number of aromatic nitrogens is 3. The molecule has 0 aliphatic carbocycles. The van der Waals surface area contributed by atoms with Gasteiger partial charge in [-0.3, -0.25) is 4.68 Å². The number of hydrogen-bond acceptors (Lipinski definition) is 4. The Morgan fingerprint density at radius 1 is 1.30 bits per heavy atom. The zero-order valence-electron chi connectivity index (χ0n) is 11.2. The van der Waals surface area contributed by atoms with Gasteiger partial charge in [-0.05, 0) is 18.6 Å². The van der Waals surface area contributed by atoms with Gasteiger partial charge in [-0.15, -0.1) is 0 Å². The van der Waals surface area contributed by atoms with Crippen LogP contribution in [0.25, 0.3) is 10.9 Å². The van der Waals surface area contributed by atoms with E-state index in [1.54, 1.807) is 16.9 Å². The van der Waals surface area contributed by atoms with E-state index < -0.39 is 0 Å². The molecular weight excluding hydrogens is 254 g/mol. The summed E-state index contributed by atoms with van der Waals surface area (Å²) in [4.78, 5) is 4.44. The third-order valence-corrected chi connectivity index (χ3v) is 3.10. The van der Waals surface area contributed by atoms with Crippen LogP contribution in [0.1, 0.15) is 12.5 Å². The minimum absolute atomic E-state index is 0.0480. The number of nitrogens with zero attached hydrogens (tertiary/aromatic N) is 3. The van der Waals surface area contributed by atoms with Crippen LogP contribution in [0.15, 0.2) is 42.7 Å². The van der Waals surface area contributed by atoms with Crippen molar-refractivity contribution in [2.45, 2.75) is 20.1 Å². The topological polar surface area (TPSA) is 60.2 Å². The summed E-state index contributed by atoms with van der Waals surface area (Å²) in [6.07, 6.45) is 3.47. The summed E-state index contributed by atoms with van der Waals surface area (Å²) in [7, 11) is 0. The highest BCUT2D eigenvalue weighted by atomic mass is 16.5. The molecule has 2 aromatic heterocycles. The van der Waals surface area contributed by atoms with E-state index in [-0.39, 0.29) is 6.61 Å². The SMILES string of the molecule is CCn1cc(Oc2cc(CO)c3ccccc3n2)cn1. The maximum atomic E-state index is 9.47. The Hall–Kier alpha value is -2.40. The van der Waals surface area contributed by atoms with Crippen molar-refractivity contribution in [1.29, 1.82) is 0 Å². The van der Waals surface area contributed by atoms with Crippen molar-refractivity contribution in [3.8, 4) is 11.6 Å². The largest absolute Gasteiger partial charge is 0.436 e. The van der Waals surface area contributed by atoms with Crippen molar-refractivity contribution >= 4 is 10.9 Å². The fraction of sp³-hybridized carbons (Fsp3) is 0.200. The summed E-state index contributed by atoms with van der Waals surface area (Å²) in [5.41, 5.74) is 1.60. The molecule has 0 aliphatic rings. The molecule has 1 N–H and O–H groups in total. The third kappa shape index (κ3) is 2.35. The van der Waals surface area contributed by atoms with Crippen molar-refractivity contribution < 1.29 is 9.84 Å². The fourth-order valence-electron chi connectivity index (χ4n) is 2.09. The summed E-state index contributed by atoms with van der Waals surface area (Å²) in [5, 5.41) is 14.6. The van der Waals surface area contributed by atoms with Crippen LogP contribution in [0.2, 0.25) is 0 Å². The van der Waals surface area contributed by atoms with E-state index in [2.05, 4.69) is 10.1 Å². The average Bonchev–Trinajstić information content (AvgIpc) is 2.94. The molecule has 0 aliphatic heterocycles. The van der Waals surface area contributed by atoms with Crippen LogP contribution in [0.3, 0.4) is 0 Å². The van der Waals surface area contributed by atoms with Gasteiger partial charge in [0, 0.05) is 18.0 Å². The number of pyridine rings is 1. The summed E-state index contributed by atoms with van der Waals surface area (Å²) in [6.45, 7) is 2.75. The second-order valence-corrected chi connectivity index (χ2v) is 4.43. The number of aliphatic hydroxyl groups is 1. The van der Waals surface area contributed by atoms with Crippen LogP contribution in [0.4, 0.5) is 0 Å². The van der Waals surface area contributed by atoms with Crippen LogP contribution in [-0.4, -0.2) is 19.9 Å². The molecule has 102 valence electrons. The molecule has 0 saturated carbocycles. The van der Waals surface area contributed by atoms with Gasteiger partial charge in [0.2, 0.25) is 5.88 Å². The number of rotatable bonds is 4. The minimum Gasteiger partial charge on any atom is -0.436 e. The molecule has 5 nitrogen and oxygen atoms in total. The van der Waals surface area contributed by atoms with Gasteiger partial charge in [0.05, 0.1) is 24.5 Å². The smallest absolute Gasteiger partial charge is 0.220 e. The Labute approximate surface area is 116 Å². The van der Waals surface area contributed by atoms with E-state index in [4.69, 9.17) is 4.74 Å². The first-order chi connectivity index (χ1) is 9.80. The predicted octanol–water partition coefficient (Wildman–Crippen LogP) is 2.74. The van der Waals surface area contributed by atoms with Crippen molar-refractivity contribution in [1.82, 2.24) is 14.8 Å². The highest BCUT2D eigenvalue weighted by Crippen LogP contribution is 2.25. The molecule has 3 aromatic rings. The number of aryl methyl sites for hydroxylation is 1. The lowest BCUT2D eigenvalue weighted by molar-refractivity contribution is 0.282. The fourth-order valence-corrected chi connectivity index (χ4v) is 2.09. The van der Waals surface area contributed by atoms with E-state index in [0.29, 0.717) is 11.6 Å². The maximum Gasteiger partial charge on any atom is 0.220 e. The summed E-state index contributed by atoms with van der Waals surface area (Å²) in [6, 6.07) is 9.43. The van der Waals surface area contributed by atoms with Gasteiger partial charge in [-0.2, -0.15) is 5.10 Å². The summed E-state index contributed by atoms with van der Waals surface area (Å²) in [5.74, 6) is 1.10. The van der Waals surface area contributed by atoms with E-state index in [1.807, 2.05) is 37.4 Å². The average molecular weight is 269 g/mol. The standard InChI is InChI=1S/C15H15N3O2/c1-2-18-9-12(8-16-18)20-15-7-11(10-19)13-5-3-4-6-14(13)17-15/h3-9,19H,2,10H2,1H3. The molecule has 0 unspecified atom stereocenters. The quantitative estimate of drug-likeness (QED) is 0.791. The normalized spacial score (nSPS) is 10.9. The van der Waals surface area contributed by atoms with Crippen LogP contribution < -0.4 is 4.74 Å². The molecule has 0 radical (unpaired) electrons. The lowest BCUT2D eigenvalue weighted by Gasteiger charge is -2.07. The summed E-state index contributed by atoms with van der Waals surface area (Å²) < 4.78 is 7.49. The third-order valence-electron chi connectivity index (χ3n) is 3.10. The van der Waals surface area contributed by atoms with Gasteiger partial charge in [-0.25, -0.2) is 4.98 Å². The first kappa shape index (κ1) is 12.6. The molecule has 0 fully saturated rings. The molecule has 3 rings (SSSR count). The van der Waals surface area contributed by atoms with Crippen LogP contribution >= 0.6 is 0 Å². The Bertz CT molecular complexity index is 737. The van der Waals surface area contributed by atoms with Gasteiger partial charge < -0.3 is 9.84 Å². The highest BCUT2D eigenvalue weighted by Gasteiger charge is 2.07. The molecule has 0 spiro atoms. The Balaban J connectivity index is 1.99. The van der Waals surface area contributed by atoms with Gasteiger partial charge in [0.25, 0.3) is 0 Å². The van der Waals surface area contributed by atoms with Crippen molar-refractivity contribution in [2.75, 3.05) is 0 Å². The molecule has 1 aromatic carbocycles. The van der Waals surface area contributed by atoms with Gasteiger partial charge in [0.1, 0.15) is 0 Å². The monoisotopic (exact) mass is 269 g/mol. The molecule has 2 heterocycles. The lowest BCUT2D eigenvalue weighted by Crippen LogP contribution is -1.94. The molecule has 0 bridgehead atoms. The van der Waals surface area contributed by atoms with E-state index in [0.717, 1.165) is 23.0 Å². The Morgan fingerprint density at radius 2 is 2.15 bits per heavy atom. The van der Waals surface area contributed by atoms with Gasteiger partial charge in [-0.1, -0.05) is 18.2 Å². The number of benzene rings is 1. The Morgan fingerprint density at radius 3 is 2.90 bits per heavy atom. The second-order valence-electron chi connectivity index (χ2n) is 4.43. The summed E-state index contributed by atoms with van der Waals surface area (Å²) >= 11 is 0. The molecule has 5 heteroatoms. The first-order valence-corrected chi connectivity index (χ1v) is 6.50. The zero-order valence-corrected chi connectivity index (χ0v) is 11.2. The number of hydrogen-bond donors (Lipinski definition) is 1. The van der Waals surface area contributed by atoms with Crippen LogP contribution in [-0.2, 0) is 13.2 Å². The minimum atomic E-state index is -0.0480. The molecule has 0 amide bonds. The van der Waals surface area contributed by atoms with Crippen molar-refractivity contribution in [2.24, 2.45) is 0 Å². The van der Waals surface area contributed by atoms with Crippen LogP contribution in [0, 0.1) is 0 Å². The van der Waals surface area contributed by atoms with Crippen molar-refractivity contribution in [3.05, 3.63) is 48.3 Å². The van der Waals surface area contributed by atoms with E-state index in [9.17, 15) is 5.11 Å². The zero-order chi connectivity index (χ0) is 13.9. The predicted molar refractivity (Wildman–Crippen MR) is 75.6 cm³/mol. The van der Waals surface area contributed by atoms with Crippen molar-refractivity contribution in [3.63, 3.8) is 0 Å². The maximum absolute atomic E-state index is 9.47.